The molecule has 1 aromatic heterocycles. The molecule has 1 heterocycles. The fraction of sp³-hybridized carbons (Fsp3) is 0.214. The van der Waals surface area contributed by atoms with Crippen LogP contribution in [0.2, 0.25) is 0 Å². The Bertz CT molecular complexity index is 471. The molecule has 2 rings (SSSR count). The Labute approximate surface area is 102 Å². The molecule has 3 nitrogen and oxygen atoms in total. The largest absolute Gasteiger partial charge is 0.319 e. The lowest BCUT2D eigenvalue weighted by Gasteiger charge is -2.03. The average molecular weight is 227 g/mol. The fourth-order valence-electron chi connectivity index (χ4n) is 1.66. The molecule has 88 valence electrons. The van der Waals surface area contributed by atoms with Crippen molar-refractivity contribution in [2.45, 2.75) is 6.42 Å². The van der Waals surface area contributed by atoms with Crippen molar-refractivity contribution in [1.29, 1.82) is 0 Å². The van der Waals surface area contributed by atoms with Crippen LogP contribution in [0.4, 0.5) is 0 Å². The lowest BCUT2D eigenvalue weighted by Crippen LogP contribution is -2.05. The van der Waals surface area contributed by atoms with Crippen LogP contribution in [0.25, 0.3) is 11.8 Å². The molecule has 0 aliphatic carbocycles. The Morgan fingerprint density at radius 3 is 2.82 bits per heavy atom. The number of aromatic nitrogens is 2. The molecule has 0 spiro atoms. The Morgan fingerprint density at radius 1 is 1.24 bits per heavy atom. The third kappa shape index (κ3) is 3.04. The Morgan fingerprint density at radius 2 is 2.06 bits per heavy atom. The van der Waals surface area contributed by atoms with E-state index in [2.05, 4.69) is 34.7 Å². The lowest BCUT2D eigenvalue weighted by molar-refractivity contribution is 0.808. The molecule has 3 heteroatoms. The molecule has 0 fully saturated rings. The molecule has 17 heavy (non-hydrogen) atoms. The fourth-order valence-corrected chi connectivity index (χ4v) is 1.66. The molecule has 1 aromatic carbocycles. The van der Waals surface area contributed by atoms with Crippen molar-refractivity contribution < 1.29 is 0 Å². The first kappa shape index (κ1) is 11.6. The standard InChI is InChI=1S/C14H17N3/c1-15-11-6-5-9-14-10-12-16-17(14)13-7-3-2-4-8-13/h2-5,7-10,12,15H,6,11H2,1H3/b9-5+. The number of para-hydroxylation sites is 1. The summed E-state index contributed by atoms with van der Waals surface area (Å²) < 4.78 is 1.94. The Balaban J connectivity index is 2.15. The maximum absolute atomic E-state index is 4.34. The zero-order valence-corrected chi connectivity index (χ0v) is 10.0. The monoisotopic (exact) mass is 227 g/mol. The first-order valence-electron chi connectivity index (χ1n) is 5.82. The first-order valence-corrected chi connectivity index (χ1v) is 5.82. The summed E-state index contributed by atoms with van der Waals surface area (Å²) in [6.45, 7) is 0.996. The highest BCUT2D eigenvalue weighted by Gasteiger charge is 2.00. The van der Waals surface area contributed by atoms with Crippen molar-refractivity contribution in [3.8, 4) is 5.69 Å². The Kier molecular flexibility index (Phi) is 4.11. The van der Waals surface area contributed by atoms with E-state index in [4.69, 9.17) is 0 Å². The van der Waals surface area contributed by atoms with Gasteiger partial charge in [0.05, 0.1) is 17.6 Å². The molecular formula is C14H17N3. The molecule has 0 aliphatic rings. The molecule has 0 radical (unpaired) electrons. The summed E-state index contributed by atoms with van der Waals surface area (Å²) in [5.41, 5.74) is 2.19. The van der Waals surface area contributed by atoms with Gasteiger partial charge in [0.2, 0.25) is 0 Å². The van der Waals surface area contributed by atoms with E-state index in [9.17, 15) is 0 Å². The van der Waals surface area contributed by atoms with E-state index < -0.39 is 0 Å². The summed E-state index contributed by atoms with van der Waals surface area (Å²) >= 11 is 0. The van der Waals surface area contributed by atoms with Gasteiger partial charge >= 0.3 is 0 Å². The predicted octanol–water partition coefficient (Wildman–Crippen LogP) is 2.50. The number of benzene rings is 1. The SMILES string of the molecule is CNCC/C=C/c1ccnn1-c1ccccc1. The minimum absolute atomic E-state index is 0.996. The maximum Gasteiger partial charge on any atom is 0.0665 e. The summed E-state index contributed by atoms with van der Waals surface area (Å²) in [6, 6.07) is 12.2. The van der Waals surface area contributed by atoms with Crippen molar-refractivity contribution in [2.75, 3.05) is 13.6 Å². The van der Waals surface area contributed by atoms with E-state index in [1.165, 1.54) is 0 Å². The third-order valence-electron chi connectivity index (χ3n) is 2.52. The topological polar surface area (TPSA) is 29.9 Å². The summed E-state index contributed by atoms with van der Waals surface area (Å²) in [4.78, 5) is 0. The van der Waals surface area contributed by atoms with Crippen LogP contribution in [0.5, 0.6) is 0 Å². The van der Waals surface area contributed by atoms with Crippen LogP contribution >= 0.6 is 0 Å². The molecule has 0 amide bonds. The van der Waals surface area contributed by atoms with Crippen LogP contribution in [0.15, 0.2) is 48.7 Å². The second-order valence-corrected chi connectivity index (χ2v) is 3.80. The number of hydrogen-bond donors (Lipinski definition) is 1. The van der Waals surface area contributed by atoms with E-state index >= 15 is 0 Å². The van der Waals surface area contributed by atoms with E-state index in [0.717, 1.165) is 24.3 Å². The summed E-state index contributed by atoms with van der Waals surface area (Å²) in [5, 5.41) is 7.46. The van der Waals surface area contributed by atoms with Crippen molar-refractivity contribution in [3.05, 3.63) is 54.4 Å². The molecule has 0 saturated heterocycles. The van der Waals surface area contributed by atoms with Gasteiger partial charge in [-0.25, -0.2) is 4.68 Å². The van der Waals surface area contributed by atoms with E-state index in [1.54, 1.807) is 0 Å². The highest BCUT2D eigenvalue weighted by molar-refractivity contribution is 5.48. The number of rotatable bonds is 5. The van der Waals surface area contributed by atoms with Gasteiger partial charge in [-0.3, -0.25) is 0 Å². The molecule has 0 aliphatic heterocycles. The van der Waals surface area contributed by atoms with Crippen molar-refractivity contribution in [1.82, 2.24) is 15.1 Å². The third-order valence-corrected chi connectivity index (χ3v) is 2.52. The normalized spacial score (nSPS) is 11.1. The molecule has 1 N–H and O–H groups in total. The molecule has 0 bridgehead atoms. The van der Waals surface area contributed by atoms with Gasteiger partial charge in [-0.1, -0.05) is 24.3 Å². The van der Waals surface area contributed by atoms with Crippen molar-refractivity contribution >= 4 is 6.08 Å². The molecular weight excluding hydrogens is 210 g/mol. The summed E-state index contributed by atoms with van der Waals surface area (Å²) in [7, 11) is 1.96. The van der Waals surface area contributed by atoms with Crippen LogP contribution in [0.3, 0.4) is 0 Å². The van der Waals surface area contributed by atoms with Gasteiger partial charge in [0, 0.05) is 0 Å². The van der Waals surface area contributed by atoms with Crippen LogP contribution in [0.1, 0.15) is 12.1 Å². The van der Waals surface area contributed by atoms with E-state index in [0.29, 0.717) is 0 Å². The number of nitrogens with one attached hydrogen (secondary N) is 1. The van der Waals surface area contributed by atoms with Gasteiger partial charge < -0.3 is 5.32 Å². The number of nitrogens with zero attached hydrogens (tertiary/aromatic N) is 2. The van der Waals surface area contributed by atoms with Gasteiger partial charge in [-0.15, -0.1) is 0 Å². The van der Waals surface area contributed by atoms with E-state index in [-0.39, 0.29) is 0 Å². The second-order valence-electron chi connectivity index (χ2n) is 3.80. The van der Waals surface area contributed by atoms with Crippen LogP contribution in [-0.2, 0) is 0 Å². The summed E-state index contributed by atoms with van der Waals surface area (Å²) in [5.74, 6) is 0. The molecule has 2 aromatic rings. The van der Waals surface area contributed by atoms with E-state index in [1.807, 2.05) is 42.2 Å². The average Bonchev–Trinajstić information content (AvgIpc) is 2.84. The summed E-state index contributed by atoms with van der Waals surface area (Å²) in [6.07, 6.45) is 7.12. The highest BCUT2D eigenvalue weighted by atomic mass is 15.3. The molecule has 0 saturated carbocycles. The zero-order valence-electron chi connectivity index (χ0n) is 10.0. The van der Waals surface area contributed by atoms with Crippen molar-refractivity contribution in [3.63, 3.8) is 0 Å². The van der Waals surface area contributed by atoms with Crippen LogP contribution in [-0.4, -0.2) is 23.4 Å². The van der Waals surface area contributed by atoms with Gasteiger partial charge in [0.25, 0.3) is 0 Å². The minimum atomic E-state index is 0.996. The predicted molar refractivity (Wildman–Crippen MR) is 71.1 cm³/mol. The lowest BCUT2D eigenvalue weighted by atomic mass is 10.3. The van der Waals surface area contributed by atoms with Crippen LogP contribution < -0.4 is 5.32 Å². The molecule has 0 unspecified atom stereocenters. The second kappa shape index (κ2) is 6.01. The van der Waals surface area contributed by atoms with Crippen LogP contribution in [0, 0.1) is 0 Å². The van der Waals surface area contributed by atoms with Gasteiger partial charge in [-0.2, -0.15) is 5.10 Å². The number of hydrogen-bond acceptors (Lipinski definition) is 2. The maximum atomic E-state index is 4.34. The Hall–Kier alpha value is -1.87. The molecule has 0 atom stereocenters. The highest BCUT2D eigenvalue weighted by Crippen LogP contribution is 2.11. The smallest absolute Gasteiger partial charge is 0.0665 e. The van der Waals surface area contributed by atoms with Gasteiger partial charge in [0.1, 0.15) is 0 Å². The van der Waals surface area contributed by atoms with Gasteiger partial charge in [-0.05, 0) is 44.3 Å². The minimum Gasteiger partial charge on any atom is -0.319 e. The quantitative estimate of drug-likeness (QED) is 0.795. The van der Waals surface area contributed by atoms with Crippen molar-refractivity contribution in [2.24, 2.45) is 0 Å². The zero-order chi connectivity index (χ0) is 11.9. The first-order chi connectivity index (χ1) is 8.42. The van der Waals surface area contributed by atoms with Gasteiger partial charge in [0.15, 0.2) is 0 Å².